The predicted octanol–water partition coefficient (Wildman–Crippen LogP) is 1.66. The first-order chi connectivity index (χ1) is 6.94. The number of hydrogen-bond acceptors (Lipinski definition) is 2. The van der Waals surface area contributed by atoms with Crippen LogP contribution in [0, 0.1) is 5.41 Å². The lowest BCUT2D eigenvalue weighted by molar-refractivity contribution is -0.141. The number of rotatable bonds is 3. The molecule has 82 valence electrons. The van der Waals surface area contributed by atoms with Gasteiger partial charge in [0.05, 0.1) is 5.69 Å². The van der Waals surface area contributed by atoms with E-state index in [1.807, 2.05) is 33.0 Å². The molecule has 4 nitrogen and oxygen atoms in total. The highest BCUT2D eigenvalue weighted by atomic mass is 16.4. The second-order valence-electron chi connectivity index (χ2n) is 4.83. The summed E-state index contributed by atoms with van der Waals surface area (Å²) in [5.41, 5.74) is -0.235. The van der Waals surface area contributed by atoms with E-state index in [0.29, 0.717) is 12.1 Å². The van der Waals surface area contributed by atoms with Gasteiger partial charge < -0.3 is 5.11 Å². The first kappa shape index (κ1) is 10.2. The fourth-order valence-electron chi connectivity index (χ4n) is 2.30. The lowest BCUT2D eigenvalue weighted by Gasteiger charge is -2.12. The van der Waals surface area contributed by atoms with Crippen LogP contribution in [0.5, 0.6) is 0 Å². The minimum atomic E-state index is -0.757. The molecule has 0 aromatic carbocycles. The average molecular weight is 208 g/mol. The summed E-state index contributed by atoms with van der Waals surface area (Å²) in [6.45, 7) is 6.72. The minimum absolute atomic E-state index is 0.175. The molecule has 0 bridgehead atoms. The van der Waals surface area contributed by atoms with Crippen molar-refractivity contribution in [3.8, 4) is 0 Å². The van der Waals surface area contributed by atoms with Crippen molar-refractivity contribution in [3.05, 3.63) is 18.0 Å². The molecule has 15 heavy (non-hydrogen) atoms. The van der Waals surface area contributed by atoms with Gasteiger partial charge in [0.1, 0.15) is 5.41 Å². The molecule has 1 aromatic rings. The number of carboxylic acids is 1. The van der Waals surface area contributed by atoms with Crippen LogP contribution in [0.3, 0.4) is 0 Å². The van der Waals surface area contributed by atoms with Crippen molar-refractivity contribution in [1.29, 1.82) is 0 Å². The Morgan fingerprint density at radius 2 is 2.27 bits per heavy atom. The Morgan fingerprint density at radius 3 is 2.60 bits per heavy atom. The molecule has 1 atom stereocenters. The number of carbonyl (C=O) groups is 1. The molecular formula is C11H16N2O2. The largest absolute Gasteiger partial charge is 0.481 e. The maximum atomic E-state index is 11.3. The van der Waals surface area contributed by atoms with Crippen molar-refractivity contribution in [2.75, 3.05) is 0 Å². The number of carboxylic acid groups (broad SMARTS) is 1. The van der Waals surface area contributed by atoms with Gasteiger partial charge >= 0.3 is 5.97 Å². The van der Waals surface area contributed by atoms with Crippen molar-refractivity contribution in [1.82, 2.24) is 9.78 Å². The Bertz CT molecular complexity index is 408. The zero-order valence-corrected chi connectivity index (χ0v) is 9.32. The lowest BCUT2D eigenvalue weighted by atomic mass is 9.93. The average Bonchev–Trinajstić information content (AvgIpc) is 2.60. The third-order valence-corrected chi connectivity index (χ3v) is 3.50. The van der Waals surface area contributed by atoms with Crippen molar-refractivity contribution in [2.24, 2.45) is 5.41 Å². The van der Waals surface area contributed by atoms with Crippen molar-refractivity contribution < 1.29 is 9.90 Å². The summed E-state index contributed by atoms with van der Waals surface area (Å²) < 4.78 is 1.77. The smallest absolute Gasteiger partial charge is 0.316 e. The summed E-state index contributed by atoms with van der Waals surface area (Å²) in [6, 6.07) is 1.83. The highest BCUT2D eigenvalue weighted by molar-refractivity contribution is 5.86. The predicted molar refractivity (Wildman–Crippen MR) is 55.6 cm³/mol. The summed E-state index contributed by atoms with van der Waals surface area (Å²) in [4.78, 5) is 11.3. The van der Waals surface area contributed by atoms with Gasteiger partial charge in [-0.05, 0) is 24.8 Å². The number of hydrogen-bond donors (Lipinski definition) is 1. The Hall–Kier alpha value is -1.32. The van der Waals surface area contributed by atoms with Crippen LogP contribution in [-0.4, -0.2) is 20.9 Å². The molecule has 4 heteroatoms. The van der Waals surface area contributed by atoms with Crippen LogP contribution in [0.25, 0.3) is 0 Å². The molecule has 1 aliphatic carbocycles. The molecule has 0 amide bonds. The molecule has 1 aliphatic rings. The molecule has 1 unspecified atom stereocenters. The Morgan fingerprint density at radius 1 is 1.67 bits per heavy atom. The van der Waals surface area contributed by atoms with Gasteiger partial charge in [-0.2, -0.15) is 5.10 Å². The fraction of sp³-hybridized carbons (Fsp3) is 0.636. The second kappa shape index (κ2) is 2.84. The van der Waals surface area contributed by atoms with Crippen LogP contribution in [0.4, 0.5) is 0 Å². The van der Waals surface area contributed by atoms with Gasteiger partial charge in [0.2, 0.25) is 0 Å². The van der Waals surface area contributed by atoms with E-state index in [0.717, 1.165) is 6.54 Å². The molecule has 0 aliphatic heterocycles. The molecule has 1 aromatic heterocycles. The Balaban J connectivity index is 2.40. The molecule has 0 radical (unpaired) electrons. The first-order valence-electron chi connectivity index (χ1n) is 5.21. The molecule has 1 N–H and O–H groups in total. The Labute approximate surface area is 88.9 Å². The zero-order chi connectivity index (χ0) is 11.3. The second-order valence-corrected chi connectivity index (χ2v) is 4.83. The number of nitrogens with zero attached hydrogens (tertiary/aromatic N) is 2. The number of aryl methyl sites for hydroxylation is 1. The van der Waals surface area contributed by atoms with Crippen LogP contribution < -0.4 is 0 Å². The summed E-state index contributed by atoms with van der Waals surface area (Å²) >= 11 is 0. The van der Waals surface area contributed by atoms with Gasteiger partial charge in [0.15, 0.2) is 0 Å². The SMILES string of the molecule is CCn1ccc(C2(C(=O)O)CC2(C)C)n1. The highest BCUT2D eigenvalue weighted by Crippen LogP contribution is 2.63. The maximum absolute atomic E-state index is 11.3. The van der Waals surface area contributed by atoms with Gasteiger partial charge in [0.25, 0.3) is 0 Å². The fourth-order valence-corrected chi connectivity index (χ4v) is 2.30. The van der Waals surface area contributed by atoms with Crippen LogP contribution in [0.1, 0.15) is 32.9 Å². The molecule has 2 rings (SSSR count). The summed E-state index contributed by atoms with van der Waals surface area (Å²) in [5, 5.41) is 13.6. The van der Waals surface area contributed by atoms with Gasteiger partial charge in [-0.25, -0.2) is 0 Å². The van der Waals surface area contributed by atoms with E-state index in [1.54, 1.807) is 4.68 Å². The number of aliphatic carboxylic acids is 1. The van der Waals surface area contributed by atoms with Crippen LogP contribution >= 0.6 is 0 Å². The quantitative estimate of drug-likeness (QED) is 0.821. The van der Waals surface area contributed by atoms with E-state index in [-0.39, 0.29) is 5.41 Å². The topological polar surface area (TPSA) is 55.1 Å². The molecular weight excluding hydrogens is 192 g/mol. The molecule has 0 saturated heterocycles. The van der Waals surface area contributed by atoms with Gasteiger partial charge in [-0.1, -0.05) is 13.8 Å². The van der Waals surface area contributed by atoms with E-state index in [1.165, 1.54) is 0 Å². The van der Waals surface area contributed by atoms with Crippen molar-refractivity contribution in [2.45, 2.75) is 39.2 Å². The molecule has 1 saturated carbocycles. The van der Waals surface area contributed by atoms with Crippen molar-refractivity contribution in [3.63, 3.8) is 0 Å². The van der Waals surface area contributed by atoms with E-state index >= 15 is 0 Å². The Kier molecular flexibility index (Phi) is 1.93. The highest BCUT2D eigenvalue weighted by Gasteiger charge is 2.69. The zero-order valence-electron chi connectivity index (χ0n) is 9.32. The minimum Gasteiger partial charge on any atom is -0.481 e. The standard InChI is InChI=1S/C11H16N2O2/c1-4-13-6-5-8(12-13)11(9(14)15)7-10(11,2)3/h5-6H,4,7H2,1-3H3,(H,14,15). The van der Waals surface area contributed by atoms with E-state index in [2.05, 4.69) is 5.10 Å². The van der Waals surface area contributed by atoms with Gasteiger partial charge in [0, 0.05) is 12.7 Å². The summed E-state index contributed by atoms with van der Waals surface area (Å²) in [7, 11) is 0. The molecule has 0 spiro atoms. The van der Waals surface area contributed by atoms with E-state index < -0.39 is 11.4 Å². The molecule has 1 heterocycles. The maximum Gasteiger partial charge on any atom is 0.316 e. The van der Waals surface area contributed by atoms with Crippen LogP contribution in [0.2, 0.25) is 0 Å². The third kappa shape index (κ3) is 1.20. The lowest BCUT2D eigenvalue weighted by Crippen LogP contribution is -2.26. The van der Waals surface area contributed by atoms with Crippen LogP contribution in [0.15, 0.2) is 12.3 Å². The van der Waals surface area contributed by atoms with Crippen molar-refractivity contribution >= 4 is 5.97 Å². The van der Waals surface area contributed by atoms with Gasteiger partial charge in [-0.15, -0.1) is 0 Å². The van der Waals surface area contributed by atoms with E-state index in [9.17, 15) is 9.90 Å². The molecule has 1 fully saturated rings. The number of aromatic nitrogens is 2. The van der Waals surface area contributed by atoms with Gasteiger partial charge in [-0.3, -0.25) is 9.48 Å². The monoisotopic (exact) mass is 208 g/mol. The van der Waals surface area contributed by atoms with Crippen LogP contribution in [-0.2, 0) is 16.8 Å². The summed E-state index contributed by atoms with van der Waals surface area (Å²) in [5.74, 6) is -0.756. The van der Waals surface area contributed by atoms with E-state index in [4.69, 9.17) is 0 Å². The normalized spacial score (nSPS) is 27.7. The third-order valence-electron chi connectivity index (χ3n) is 3.50. The first-order valence-corrected chi connectivity index (χ1v) is 5.21. The summed E-state index contributed by atoms with van der Waals surface area (Å²) in [6.07, 6.45) is 2.52.